The second-order valence-electron chi connectivity index (χ2n) is 8.39. The minimum absolute atomic E-state index is 0.0944. The number of fused-ring (bicyclic) bond motifs is 2. The zero-order valence-corrected chi connectivity index (χ0v) is 19.2. The molecule has 0 amide bonds. The molecular weight excluding hydrogens is 430 g/mol. The molecule has 0 fully saturated rings. The lowest BCUT2D eigenvalue weighted by atomic mass is 9.88. The second kappa shape index (κ2) is 9.61. The van der Waals surface area contributed by atoms with Gasteiger partial charge in [0.15, 0.2) is 11.5 Å². The molecule has 6 nitrogen and oxygen atoms in total. The number of hydrogen-bond acceptors (Lipinski definition) is 6. The third-order valence-electron chi connectivity index (χ3n) is 6.19. The van der Waals surface area contributed by atoms with Crippen LogP contribution >= 0.6 is 0 Å². The fraction of sp³-hybridized carbons (Fsp3) is 0.250. The Morgan fingerprint density at radius 1 is 0.941 bits per heavy atom. The lowest BCUT2D eigenvalue weighted by Crippen LogP contribution is -2.27. The molecule has 0 bridgehead atoms. The van der Waals surface area contributed by atoms with Crippen LogP contribution in [0.5, 0.6) is 23.0 Å². The first-order valence-corrected chi connectivity index (χ1v) is 11.3. The minimum atomic E-state index is -0.667. The summed E-state index contributed by atoms with van der Waals surface area (Å²) in [6.45, 7) is 0.777. The number of pyridine rings is 1. The highest BCUT2D eigenvalue weighted by Crippen LogP contribution is 2.39. The molecule has 5 rings (SSSR count). The molecule has 174 valence electrons. The van der Waals surface area contributed by atoms with Crippen molar-refractivity contribution in [2.45, 2.75) is 19.1 Å². The number of hydrogen-bond donors (Lipinski definition) is 1. The summed E-state index contributed by atoms with van der Waals surface area (Å²) in [7, 11) is 3.23. The number of aliphatic hydroxyl groups excluding tert-OH is 1. The Bertz CT molecular complexity index is 1310. The SMILES string of the molecule is COc1ccc(C[C@@H]2COc3ccc(OCc4ccc5ccccc5n4)cc3[C@H]2O)cc1OC. The Morgan fingerprint density at radius 3 is 2.65 bits per heavy atom. The summed E-state index contributed by atoms with van der Waals surface area (Å²) in [6, 6.07) is 23.4. The molecule has 1 aromatic heterocycles. The smallest absolute Gasteiger partial charge is 0.160 e. The van der Waals surface area contributed by atoms with Crippen LogP contribution in [0.25, 0.3) is 10.9 Å². The van der Waals surface area contributed by atoms with Gasteiger partial charge in [0.25, 0.3) is 0 Å². The normalized spacial score (nSPS) is 17.0. The number of aromatic nitrogens is 1. The first-order chi connectivity index (χ1) is 16.6. The Labute approximate surface area is 198 Å². The first kappa shape index (κ1) is 22.0. The zero-order valence-electron chi connectivity index (χ0n) is 19.2. The molecule has 2 atom stereocenters. The van der Waals surface area contributed by atoms with Gasteiger partial charge in [-0.1, -0.05) is 30.3 Å². The largest absolute Gasteiger partial charge is 0.493 e. The van der Waals surface area contributed by atoms with Crippen LogP contribution in [-0.2, 0) is 13.0 Å². The quantitative estimate of drug-likeness (QED) is 0.416. The van der Waals surface area contributed by atoms with Gasteiger partial charge in [0, 0.05) is 16.9 Å². The molecule has 0 spiro atoms. The van der Waals surface area contributed by atoms with E-state index in [-0.39, 0.29) is 5.92 Å². The van der Waals surface area contributed by atoms with E-state index in [1.165, 1.54) is 0 Å². The van der Waals surface area contributed by atoms with Crippen molar-refractivity contribution in [2.24, 2.45) is 5.92 Å². The number of methoxy groups -OCH3 is 2. The predicted octanol–water partition coefficient (Wildman–Crippen LogP) is 5.12. The van der Waals surface area contributed by atoms with E-state index in [1.807, 2.05) is 72.8 Å². The average molecular weight is 458 g/mol. The standard InChI is InChI=1S/C28H27NO5/c1-31-26-11-7-18(14-27(26)32-2)13-20-16-34-25-12-10-22(15-23(25)28(20)30)33-17-21-9-8-19-5-3-4-6-24(19)29-21/h3-12,14-15,20,28,30H,13,16-17H2,1-2H3/t20-,28+/m1/s1. The van der Waals surface area contributed by atoms with Gasteiger partial charge >= 0.3 is 0 Å². The van der Waals surface area contributed by atoms with E-state index in [2.05, 4.69) is 4.98 Å². The van der Waals surface area contributed by atoms with E-state index in [0.717, 1.165) is 27.7 Å². The molecule has 0 unspecified atom stereocenters. The molecule has 0 aliphatic carbocycles. The Morgan fingerprint density at radius 2 is 1.79 bits per heavy atom. The Kier molecular flexibility index (Phi) is 6.23. The molecule has 34 heavy (non-hydrogen) atoms. The van der Waals surface area contributed by atoms with Crippen LogP contribution < -0.4 is 18.9 Å². The number of nitrogens with zero attached hydrogens (tertiary/aromatic N) is 1. The van der Waals surface area contributed by atoms with Crippen molar-refractivity contribution in [2.75, 3.05) is 20.8 Å². The predicted molar refractivity (Wildman–Crippen MR) is 130 cm³/mol. The highest BCUT2D eigenvalue weighted by molar-refractivity contribution is 5.78. The summed E-state index contributed by atoms with van der Waals surface area (Å²) in [5.74, 6) is 2.61. The molecule has 3 aromatic carbocycles. The maximum Gasteiger partial charge on any atom is 0.160 e. The summed E-state index contributed by atoms with van der Waals surface area (Å²) < 4.78 is 22.7. The average Bonchev–Trinajstić information content (AvgIpc) is 2.89. The van der Waals surface area contributed by atoms with Gasteiger partial charge in [0.1, 0.15) is 18.1 Å². The van der Waals surface area contributed by atoms with Crippen molar-refractivity contribution in [1.82, 2.24) is 4.98 Å². The third-order valence-corrected chi connectivity index (χ3v) is 6.19. The van der Waals surface area contributed by atoms with Crippen molar-refractivity contribution in [3.05, 3.63) is 89.6 Å². The van der Waals surface area contributed by atoms with Gasteiger partial charge in [-0.3, -0.25) is 0 Å². The summed E-state index contributed by atoms with van der Waals surface area (Å²) >= 11 is 0. The van der Waals surface area contributed by atoms with E-state index in [1.54, 1.807) is 14.2 Å². The molecule has 4 aromatic rings. The lowest BCUT2D eigenvalue weighted by Gasteiger charge is -2.31. The maximum atomic E-state index is 11.1. The van der Waals surface area contributed by atoms with Gasteiger partial charge in [0.2, 0.25) is 0 Å². The van der Waals surface area contributed by atoms with Crippen LogP contribution in [0.1, 0.15) is 22.9 Å². The molecule has 1 aliphatic heterocycles. The maximum absolute atomic E-state index is 11.1. The number of para-hydroxylation sites is 1. The van der Waals surface area contributed by atoms with Crippen LogP contribution in [0.2, 0.25) is 0 Å². The topological polar surface area (TPSA) is 70.0 Å². The summed E-state index contributed by atoms with van der Waals surface area (Å²) in [5, 5.41) is 12.2. The molecule has 6 heteroatoms. The van der Waals surface area contributed by atoms with E-state index in [9.17, 15) is 5.11 Å². The minimum Gasteiger partial charge on any atom is -0.493 e. The van der Waals surface area contributed by atoms with E-state index in [0.29, 0.717) is 42.6 Å². The number of ether oxygens (including phenoxy) is 4. The van der Waals surface area contributed by atoms with Crippen LogP contribution in [0.15, 0.2) is 72.8 Å². The molecule has 0 saturated carbocycles. The van der Waals surface area contributed by atoms with Crippen molar-refractivity contribution >= 4 is 10.9 Å². The monoisotopic (exact) mass is 457 g/mol. The molecule has 2 heterocycles. The fourth-order valence-electron chi connectivity index (χ4n) is 4.35. The fourth-order valence-corrected chi connectivity index (χ4v) is 4.35. The molecular formula is C28H27NO5. The van der Waals surface area contributed by atoms with Gasteiger partial charge in [-0.05, 0) is 54.4 Å². The molecule has 1 aliphatic rings. The van der Waals surface area contributed by atoms with E-state index in [4.69, 9.17) is 18.9 Å². The number of aliphatic hydroxyl groups is 1. The van der Waals surface area contributed by atoms with Crippen molar-refractivity contribution in [3.63, 3.8) is 0 Å². The highest BCUT2D eigenvalue weighted by atomic mass is 16.5. The summed E-state index contributed by atoms with van der Waals surface area (Å²) in [6.07, 6.45) is -0.0215. The van der Waals surface area contributed by atoms with Gasteiger partial charge in [-0.2, -0.15) is 0 Å². The van der Waals surface area contributed by atoms with E-state index >= 15 is 0 Å². The lowest BCUT2D eigenvalue weighted by molar-refractivity contribution is 0.0504. The number of benzene rings is 3. The van der Waals surface area contributed by atoms with E-state index < -0.39 is 6.10 Å². The van der Waals surface area contributed by atoms with Gasteiger partial charge in [-0.25, -0.2) is 4.98 Å². The summed E-state index contributed by atoms with van der Waals surface area (Å²) in [4.78, 5) is 4.66. The van der Waals surface area contributed by atoms with Crippen molar-refractivity contribution in [3.8, 4) is 23.0 Å². The molecule has 0 saturated heterocycles. The molecule has 0 radical (unpaired) electrons. The Hall–Kier alpha value is -3.77. The highest BCUT2D eigenvalue weighted by Gasteiger charge is 2.30. The summed E-state index contributed by atoms with van der Waals surface area (Å²) in [5.41, 5.74) is 3.57. The van der Waals surface area contributed by atoms with Gasteiger partial charge < -0.3 is 24.1 Å². The second-order valence-corrected chi connectivity index (χ2v) is 8.39. The Balaban J connectivity index is 1.29. The van der Waals surface area contributed by atoms with Crippen LogP contribution in [0.4, 0.5) is 0 Å². The van der Waals surface area contributed by atoms with Crippen molar-refractivity contribution in [1.29, 1.82) is 0 Å². The number of rotatable bonds is 7. The zero-order chi connectivity index (χ0) is 23.5. The third kappa shape index (κ3) is 4.50. The molecule has 1 N–H and O–H groups in total. The van der Waals surface area contributed by atoms with Crippen LogP contribution in [0, 0.1) is 5.92 Å². The van der Waals surface area contributed by atoms with Crippen LogP contribution in [0.3, 0.4) is 0 Å². The van der Waals surface area contributed by atoms with Crippen LogP contribution in [-0.4, -0.2) is 30.9 Å². The van der Waals surface area contributed by atoms with Gasteiger partial charge in [-0.15, -0.1) is 0 Å². The van der Waals surface area contributed by atoms with Gasteiger partial charge in [0.05, 0.1) is 38.1 Å². The first-order valence-electron chi connectivity index (χ1n) is 11.3. The van der Waals surface area contributed by atoms with Crippen molar-refractivity contribution < 1.29 is 24.1 Å².